The van der Waals surface area contributed by atoms with E-state index in [4.69, 9.17) is 0 Å². The Kier molecular flexibility index (Phi) is 2.41. The minimum atomic E-state index is 1.02. The lowest BCUT2D eigenvalue weighted by Gasteiger charge is -1.98. The van der Waals surface area contributed by atoms with Crippen molar-refractivity contribution in [3.63, 3.8) is 0 Å². The molecule has 1 radical (unpaired) electrons. The zero-order chi connectivity index (χ0) is 9.80. The molecule has 1 heteroatoms. The lowest BCUT2D eigenvalue weighted by Crippen LogP contribution is -1.74. The number of fused-ring (bicyclic) bond motifs is 1. The maximum Gasteiger partial charge on any atom is 0.225 e. The molecule has 2 aromatic rings. The molecule has 0 amide bonds. The average Bonchev–Trinajstić information content (AvgIpc) is 2.26. The van der Waals surface area contributed by atoms with Gasteiger partial charge in [0.25, 0.3) is 0 Å². The van der Waals surface area contributed by atoms with Crippen LogP contribution in [0.5, 0.6) is 0 Å². The molecule has 1 nitrogen and oxygen atoms in total. The Bertz CT molecular complexity index is 483. The number of allylic oxidation sites excluding steroid dienone is 1. The van der Waals surface area contributed by atoms with E-state index in [9.17, 15) is 4.79 Å². The molecule has 0 aliphatic carbocycles. The summed E-state index contributed by atoms with van der Waals surface area (Å²) in [6, 6.07) is 14.2. The van der Waals surface area contributed by atoms with E-state index in [1.54, 1.807) is 12.4 Å². The summed E-state index contributed by atoms with van der Waals surface area (Å²) in [5.41, 5.74) is 1.02. The van der Waals surface area contributed by atoms with Crippen molar-refractivity contribution in [2.75, 3.05) is 0 Å². The molecule has 0 aliphatic heterocycles. The van der Waals surface area contributed by atoms with E-state index in [-0.39, 0.29) is 0 Å². The summed E-state index contributed by atoms with van der Waals surface area (Å²) in [4.78, 5) is 10.0. The van der Waals surface area contributed by atoms with Gasteiger partial charge in [-0.25, -0.2) is 0 Å². The van der Waals surface area contributed by atoms with E-state index in [1.165, 1.54) is 16.8 Å². The van der Waals surface area contributed by atoms with Crippen molar-refractivity contribution >= 4 is 23.1 Å². The predicted molar refractivity (Wildman–Crippen MR) is 58.7 cm³/mol. The van der Waals surface area contributed by atoms with E-state index in [1.807, 2.05) is 30.3 Å². The summed E-state index contributed by atoms with van der Waals surface area (Å²) in [5.74, 6) is 0. The number of benzene rings is 2. The van der Waals surface area contributed by atoms with Crippen LogP contribution in [0.15, 0.2) is 48.5 Å². The highest BCUT2D eigenvalue weighted by atomic mass is 16.1. The Morgan fingerprint density at radius 3 is 2.57 bits per heavy atom. The summed E-state index contributed by atoms with van der Waals surface area (Å²) >= 11 is 0. The van der Waals surface area contributed by atoms with E-state index >= 15 is 0 Å². The van der Waals surface area contributed by atoms with Crippen LogP contribution in [0.4, 0.5) is 0 Å². The Balaban J connectivity index is 2.51. The van der Waals surface area contributed by atoms with Gasteiger partial charge >= 0.3 is 0 Å². The molecule has 0 N–H and O–H groups in total. The second-order valence-electron chi connectivity index (χ2n) is 3.06. The molecule has 0 aliphatic rings. The first kappa shape index (κ1) is 8.70. The number of hydrogen-bond donors (Lipinski definition) is 0. The van der Waals surface area contributed by atoms with Gasteiger partial charge in [-0.1, -0.05) is 42.5 Å². The van der Waals surface area contributed by atoms with Gasteiger partial charge in [0.1, 0.15) is 0 Å². The highest BCUT2D eigenvalue weighted by molar-refractivity contribution is 5.85. The molecule has 2 rings (SSSR count). The summed E-state index contributed by atoms with van der Waals surface area (Å²) < 4.78 is 0. The highest BCUT2D eigenvalue weighted by Crippen LogP contribution is 2.16. The van der Waals surface area contributed by atoms with Gasteiger partial charge in [-0.05, 0) is 28.5 Å². The fraction of sp³-hybridized carbons (Fsp3) is 0. The van der Waals surface area contributed by atoms with Gasteiger partial charge in [0.15, 0.2) is 0 Å². The van der Waals surface area contributed by atoms with Gasteiger partial charge in [-0.15, -0.1) is 0 Å². The predicted octanol–water partition coefficient (Wildman–Crippen LogP) is 2.96. The van der Waals surface area contributed by atoms with Crippen LogP contribution in [0, 0.1) is 0 Å². The van der Waals surface area contributed by atoms with Gasteiger partial charge in [0, 0.05) is 0 Å². The maximum absolute atomic E-state index is 10.0. The van der Waals surface area contributed by atoms with Gasteiger partial charge < -0.3 is 0 Å². The summed E-state index contributed by atoms with van der Waals surface area (Å²) in [6.07, 6.45) is 4.86. The zero-order valence-corrected chi connectivity index (χ0v) is 7.60. The SMILES string of the molecule is O=[C]/C=C/c1ccc2ccccc2c1. The van der Waals surface area contributed by atoms with Gasteiger partial charge in [-0.2, -0.15) is 0 Å². The summed E-state index contributed by atoms with van der Waals surface area (Å²) in [7, 11) is 0. The molecule has 14 heavy (non-hydrogen) atoms. The van der Waals surface area contributed by atoms with Crippen molar-refractivity contribution in [1.29, 1.82) is 0 Å². The lowest BCUT2D eigenvalue weighted by molar-refractivity contribution is 0.564. The third-order valence-electron chi connectivity index (χ3n) is 2.12. The van der Waals surface area contributed by atoms with Crippen LogP contribution in [0.3, 0.4) is 0 Å². The second-order valence-corrected chi connectivity index (χ2v) is 3.06. The van der Waals surface area contributed by atoms with Crippen LogP contribution < -0.4 is 0 Å². The fourth-order valence-electron chi connectivity index (χ4n) is 1.44. The van der Waals surface area contributed by atoms with Crippen LogP contribution in [0.2, 0.25) is 0 Å². The quantitative estimate of drug-likeness (QED) is 0.651. The molecule has 0 saturated heterocycles. The largest absolute Gasteiger partial charge is 0.286 e. The molecule has 0 bridgehead atoms. The highest BCUT2D eigenvalue weighted by Gasteiger charge is 1.91. The Labute approximate surface area is 82.7 Å². The van der Waals surface area contributed by atoms with Gasteiger partial charge in [0.05, 0.1) is 0 Å². The van der Waals surface area contributed by atoms with Gasteiger partial charge in [-0.3, -0.25) is 4.79 Å². The maximum atomic E-state index is 10.0. The van der Waals surface area contributed by atoms with Crippen LogP contribution in [-0.2, 0) is 4.79 Å². The summed E-state index contributed by atoms with van der Waals surface area (Å²) in [5, 5.41) is 2.39. The Morgan fingerprint density at radius 1 is 1.00 bits per heavy atom. The molecule has 2 aromatic carbocycles. The molecule has 67 valence electrons. The van der Waals surface area contributed by atoms with E-state index < -0.39 is 0 Å². The first-order valence-corrected chi connectivity index (χ1v) is 4.43. The Morgan fingerprint density at radius 2 is 1.79 bits per heavy atom. The summed E-state index contributed by atoms with van der Waals surface area (Å²) in [6.45, 7) is 0. The normalized spacial score (nSPS) is 10.9. The third-order valence-corrected chi connectivity index (χ3v) is 2.12. The van der Waals surface area contributed by atoms with Crippen LogP contribution in [0.25, 0.3) is 16.8 Å². The van der Waals surface area contributed by atoms with Crippen molar-refractivity contribution in [3.8, 4) is 0 Å². The molecule has 0 saturated carbocycles. The molecule has 0 unspecified atom stereocenters. The topological polar surface area (TPSA) is 17.1 Å². The third kappa shape index (κ3) is 1.72. The minimum absolute atomic E-state index is 1.02. The monoisotopic (exact) mass is 181 g/mol. The number of rotatable bonds is 2. The lowest BCUT2D eigenvalue weighted by atomic mass is 10.1. The number of hydrogen-bond acceptors (Lipinski definition) is 1. The zero-order valence-electron chi connectivity index (χ0n) is 7.60. The minimum Gasteiger partial charge on any atom is -0.286 e. The fourth-order valence-corrected chi connectivity index (χ4v) is 1.44. The molecule has 0 fully saturated rings. The first-order valence-electron chi connectivity index (χ1n) is 4.43. The average molecular weight is 181 g/mol. The van der Waals surface area contributed by atoms with Crippen molar-refractivity contribution in [2.45, 2.75) is 0 Å². The van der Waals surface area contributed by atoms with Crippen LogP contribution in [-0.4, -0.2) is 6.29 Å². The van der Waals surface area contributed by atoms with Crippen LogP contribution in [0.1, 0.15) is 5.56 Å². The molecule has 0 heterocycles. The second kappa shape index (κ2) is 3.88. The van der Waals surface area contributed by atoms with Crippen molar-refractivity contribution < 1.29 is 4.79 Å². The van der Waals surface area contributed by atoms with Crippen molar-refractivity contribution in [2.24, 2.45) is 0 Å². The molecule has 0 spiro atoms. The molecular formula is C13H9O. The van der Waals surface area contributed by atoms with Crippen molar-refractivity contribution in [1.82, 2.24) is 0 Å². The molecule has 0 aromatic heterocycles. The first-order chi connectivity index (χ1) is 6.90. The van der Waals surface area contributed by atoms with E-state index in [0.29, 0.717) is 0 Å². The molecular weight excluding hydrogens is 172 g/mol. The van der Waals surface area contributed by atoms with E-state index in [0.717, 1.165) is 5.56 Å². The molecule has 0 atom stereocenters. The van der Waals surface area contributed by atoms with Gasteiger partial charge in [0.2, 0.25) is 6.29 Å². The smallest absolute Gasteiger partial charge is 0.225 e. The van der Waals surface area contributed by atoms with E-state index in [2.05, 4.69) is 12.1 Å². The van der Waals surface area contributed by atoms with Crippen molar-refractivity contribution in [3.05, 3.63) is 54.1 Å². The standard InChI is InChI=1S/C13H9O/c14-9-3-4-11-7-8-12-5-1-2-6-13(12)10-11/h1-8,10H/b4-3+. The Hall–Kier alpha value is -1.89. The van der Waals surface area contributed by atoms with Crippen LogP contribution >= 0.6 is 0 Å². The number of carbonyl (C=O) groups excluding carboxylic acids is 1.